The molecule has 0 spiro atoms. The molecule has 1 aromatic carbocycles. The van der Waals surface area contributed by atoms with Gasteiger partial charge >= 0.3 is 0 Å². The first kappa shape index (κ1) is 18.9. The number of pyridine rings is 1. The highest BCUT2D eigenvalue weighted by molar-refractivity contribution is 14.0. The van der Waals surface area contributed by atoms with Crippen molar-refractivity contribution in [2.24, 2.45) is 10.7 Å². The van der Waals surface area contributed by atoms with Crippen LogP contribution in [0.15, 0.2) is 65.9 Å². The number of halogens is 1. The molecule has 2 heterocycles. The molecule has 0 radical (unpaired) electrons. The van der Waals surface area contributed by atoms with E-state index in [1.54, 1.807) is 6.20 Å². The van der Waals surface area contributed by atoms with Crippen molar-refractivity contribution in [2.75, 3.05) is 6.54 Å². The Hall–Kier alpha value is -2.42. The molecule has 0 aliphatic rings. The number of aromatic amines is 1. The fraction of sp³-hybridized carbons (Fsp3) is 0.167. The van der Waals surface area contributed by atoms with Crippen LogP contribution in [0.25, 0.3) is 11.3 Å². The Morgan fingerprint density at radius 2 is 1.88 bits per heavy atom. The number of benzene rings is 1. The lowest BCUT2D eigenvalue weighted by Crippen LogP contribution is -2.33. The number of guanidine groups is 1. The van der Waals surface area contributed by atoms with Crippen LogP contribution in [0.1, 0.15) is 11.5 Å². The van der Waals surface area contributed by atoms with Gasteiger partial charge in [0.1, 0.15) is 12.4 Å². The molecule has 0 aliphatic carbocycles. The van der Waals surface area contributed by atoms with E-state index in [2.05, 4.69) is 25.3 Å². The van der Waals surface area contributed by atoms with Gasteiger partial charge in [0.05, 0.1) is 11.9 Å². The van der Waals surface area contributed by atoms with Crippen LogP contribution in [0.4, 0.5) is 0 Å². The lowest BCUT2D eigenvalue weighted by Gasteiger charge is -2.04. The summed E-state index contributed by atoms with van der Waals surface area (Å²) in [7, 11) is 0. The van der Waals surface area contributed by atoms with Gasteiger partial charge in [-0.3, -0.25) is 4.98 Å². The lowest BCUT2D eigenvalue weighted by atomic mass is 10.2. The third-order valence-corrected chi connectivity index (χ3v) is 3.53. The number of hydrogen-bond acceptors (Lipinski definition) is 3. The molecular formula is C18H21IN6. The lowest BCUT2D eigenvalue weighted by molar-refractivity contribution is 0.822. The maximum atomic E-state index is 5.88. The van der Waals surface area contributed by atoms with Crippen LogP contribution in [0, 0.1) is 0 Å². The Bertz CT molecular complexity index is 786. The third kappa shape index (κ3) is 5.86. The van der Waals surface area contributed by atoms with E-state index in [1.165, 1.54) is 0 Å². The zero-order valence-electron chi connectivity index (χ0n) is 13.7. The van der Waals surface area contributed by atoms with Crippen molar-refractivity contribution < 1.29 is 0 Å². The predicted molar refractivity (Wildman–Crippen MR) is 111 cm³/mol. The van der Waals surface area contributed by atoms with Crippen LogP contribution >= 0.6 is 24.0 Å². The van der Waals surface area contributed by atoms with Gasteiger partial charge in [0.2, 0.25) is 0 Å². The standard InChI is InChI=1S/C18H20N6.HI/c19-18(21-11-9-15-8-4-5-10-20-15)23-13-17-22-12-16(24-17)14-6-2-1-3-7-14;/h1-8,10,12H,9,11,13H2,(H,22,24)(H3,19,21,23);1H. The van der Waals surface area contributed by atoms with E-state index >= 15 is 0 Å². The van der Waals surface area contributed by atoms with E-state index < -0.39 is 0 Å². The third-order valence-electron chi connectivity index (χ3n) is 3.53. The fourth-order valence-electron chi connectivity index (χ4n) is 2.29. The average molecular weight is 448 g/mol. The molecule has 6 nitrogen and oxygen atoms in total. The first-order valence-electron chi connectivity index (χ1n) is 7.84. The first-order valence-corrected chi connectivity index (χ1v) is 7.84. The summed E-state index contributed by atoms with van der Waals surface area (Å²) in [6.07, 6.45) is 4.40. The van der Waals surface area contributed by atoms with Gasteiger partial charge < -0.3 is 16.0 Å². The number of hydrogen-bond donors (Lipinski definition) is 3. The normalized spacial score (nSPS) is 11.0. The monoisotopic (exact) mass is 448 g/mol. The molecule has 2 aromatic heterocycles. The maximum absolute atomic E-state index is 5.88. The summed E-state index contributed by atoms with van der Waals surface area (Å²) in [5.41, 5.74) is 8.98. The zero-order chi connectivity index (χ0) is 16.6. The van der Waals surface area contributed by atoms with Gasteiger partial charge in [-0.05, 0) is 17.7 Å². The van der Waals surface area contributed by atoms with Gasteiger partial charge in [0, 0.05) is 24.9 Å². The van der Waals surface area contributed by atoms with Gasteiger partial charge in [-0.1, -0.05) is 36.4 Å². The van der Waals surface area contributed by atoms with Crippen molar-refractivity contribution in [3.05, 3.63) is 72.4 Å². The molecule has 0 aliphatic heterocycles. The molecule has 0 saturated carbocycles. The molecule has 3 aromatic rings. The number of nitrogens with one attached hydrogen (secondary N) is 2. The highest BCUT2D eigenvalue weighted by atomic mass is 127. The number of aliphatic imine (C=N–C) groups is 1. The summed E-state index contributed by atoms with van der Waals surface area (Å²) < 4.78 is 0. The number of imidazole rings is 1. The van der Waals surface area contributed by atoms with Gasteiger partial charge in [-0.15, -0.1) is 24.0 Å². The van der Waals surface area contributed by atoms with E-state index in [0.717, 1.165) is 29.2 Å². The molecule has 0 atom stereocenters. The SMILES string of the molecule is I.NC(=NCc1ncc(-c2ccccc2)[nH]1)NCCc1ccccn1. The van der Waals surface area contributed by atoms with Crippen molar-refractivity contribution in [1.29, 1.82) is 0 Å². The van der Waals surface area contributed by atoms with Gasteiger partial charge in [0.15, 0.2) is 5.96 Å². The Kier molecular flexibility index (Phi) is 7.39. The average Bonchev–Trinajstić information content (AvgIpc) is 3.11. The molecule has 25 heavy (non-hydrogen) atoms. The Morgan fingerprint density at radius 1 is 1.08 bits per heavy atom. The van der Waals surface area contributed by atoms with Crippen LogP contribution in [0.2, 0.25) is 0 Å². The molecular weight excluding hydrogens is 427 g/mol. The Balaban J connectivity index is 0.00000225. The minimum Gasteiger partial charge on any atom is -0.370 e. The Labute approximate surface area is 164 Å². The van der Waals surface area contributed by atoms with Gasteiger partial charge in [-0.2, -0.15) is 0 Å². The number of nitrogens with two attached hydrogens (primary N) is 1. The predicted octanol–water partition coefficient (Wildman–Crippen LogP) is 2.74. The van der Waals surface area contributed by atoms with Crippen LogP contribution in [-0.2, 0) is 13.0 Å². The highest BCUT2D eigenvalue weighted by Crippen LogP contribution is 2.16. The van der Waals surface area contributed by atoms with Crippen LogP contribution < -0.4 is 11.1 Å². The summed E-state index contributed by atoms with van der Waals surface area (Å²) in [4.78, 5) is 16.2. The van der Waals surface area contributed by atoms with Crippen molar-refractivity contribution in [3.63, 3.8) is 0 Å². The smallest absolute Gasteiger partial charge is 0.189 e. The summed E-state index contributed by atoms with van der Waals surface area (Å²) in [5, 5.41) is 3.09. The number of nitrogens with zero attached hydrogens (tertiary/aromatic N) is 3. The van der Waals surface area contributed by atoms with Gasteiger partial charge in [-0.25, -0.2) is 9.98 Å². The number of aromatic nitrogens is 3. The van der Waals surface area contributed by atoms with Crippen LogP contribution in [0.3, 0.4) is 0 Å². The molecule has 0 saturated heterocycles. The second-order valence-electron chi connectivity index (χ2n) is 5.31. The van der Waals surface area contributed by atoms with E-state index in [1.807, 2.05) is 54.7 Å². The van der Waals surface area contributed by atoms with E-state index in [4.69, 9.17) is 5.73 Å². The highest BCUT2D eigenvalue weighted by Gasteiger charge is 2.02. The Morgan fingerprint density at radius 3 is 2.64 bits per heavy atom. The molecule has 130 valence electrons. The molecule has 0 unspecified atom stereocenters. The summed E-state index contributed by atoms with van der Waals surface area (Å²) in [6.45, 7) is 1.11. The van der Waals surface area contributed by atoms with Crippen molar-refractivity contribution in [3.8, 4) is 11.3 Å². The van der Waals surface area contributed by atoms with E-state index in [0.29, 0.717) is 19.0 Å². The van der Waals surface area contributed by atoms with Crippen LogP contribution in [-0.4, -0.2) is 27.5 Å². The quantitative estimate of drug-likeness (QED) is 0.307. The maximum Gasteiger partial charge on any atom is 0.189 e. The molecule has 3 rings (SSSR count). The number of H-pyrrole nitrogens is 1. The summed E-state index contributed by atoms with van der Waals surface area (Å²) in [6, 6.07) is 15.9. The first-order chi connectivity index (χ1) is 11.8. The van der Waals surface area contributed by atoms with Crippen LogP contribution in [0.5, 0.6) is 0 Å². The number of rotatable bonds is 6. The second-order valence-corrected chi connectivity index (χ2v) is 5.31. The van der Waals surface area contributed by atoms with Crippen molar-refractivity contribution >= 4 is 29.9 Å². The fourth-order valence-corrected chi connectivity index (χ4v) is 2.29. The molecule has 7 heteroatoms. The minimum atomic E-state index is 0. The molecule has 0 amide bonds. The van der Waals surface area contributed by atoms with Crippen molar-refractivity contribution in [1.82, 2.24) is 20.3 Å². The molecule has 4 N–H and O–H groups in total. The zero-order valence-corrected chi connectivity index (χ0v) is 16.1. The van der Waals surface area contributed by atoms with E-state index in [-0.39, 0.29) is 24.0 Å². The summed E-state index contributed by atoms with van der Waals surface area (Å²) >= 11 is 0. The van der Waals surface area contributed by atoms with E-state index in [9.17, 15) is 0 Å². The largest absolute Gasteiger partial charge is 0.370 e. The second kappa shape index (κ2) is 9.77. The minimum absolute atomic E-state index is 0. The molecule has 0 fully saturated rings. The van der Waals surface area contributed by atoms with Gasteiger partial charge in [0.25, 0.3) is 0 Å². The summed E-state index contributed by atoms with van der Waals surface area (Å²) in [5.74, 6) is 1.19. The van der Waals surface area contributed by atoms with Crippen molar-refractivity contribution in [2.45, 2.75) is 13.0 Å². The molecule has 0 bridgehead atoms. The topological polar surface area (TPSA) is 92.0 Å².